The van der Waals surface area contributed by atoms with Crippen molar-refractivity contribution in [3.8, 4) is 5.75 Å². The van der Waals surface area contributed by atoms with Gasteiger partial charge in [0.05, 0.1) is 12.8 Å². The van der Waals surface area contributed by atoms with Crippen LogP contribution in [0.4, 0.5) is 17.1 Å². The molecule has 1 aliphatic rings. The number of piperazine rings is 1. The second-order valence-electron chi connectivity index (χ2n) is 6.58. The van der Waals surface area contributed by atoms with Gasteiger partial charge in [-0.25, -0.2) is 0 Å². The van der Waals surface area contributed by atoms with Crippen LogP contribution in [-0.2, 0) is 10.2 Å². The predicted octanol–water partition coefficient (Wildman–Crippen LogP) is 2.24. The molecule has 1 heterocycles. The molecule has 0 aromatic heterocycles. The number of nitrogens with one attached hydrogen (secondary N) is 1. The Hall–Kier alpha value is -2.45. The van der Waals surface area contributed by atoms with Crippen molar-refractivity contribution in [1.29, 1.82) is 0 Å². The highest BCUT2D eigenvalue weighted by atomic mass is 32.2. The van der Waals surface area contributed by atoms with E-state index < -0.39 is 10.2 Å². The van der Waals surface area contributed by atoms with Gasteiger partial charge in [-0.1, -0.05) is 12.1 Å². The van der Waals surface area contributed by atoms with Gasteiger partial charge in [-0.05, 0) is 36.4 Å². The van der Waals surface area contributed by atoms with Gasteiger partial charge in [-0.15, -0.1) is 0 Å². The Morgan fingerprint density at radius 3 is 2.11 bits per heavy atom. The highest BCUT2D eigenvalue weighted by molar-refractivity contribution is 7.90. The molecule has 0 atom stereocenters. The van der Waals surface area contributed by atoms with E-state index in [9.17, 15) is 8.42 Å². The SMILES string of the molecule is COc1ccccc1N1CCN(c2ccc(NS(=O)(=O)N(C)C)cc2)CC1. The lowest BCUT2D eigenvalue weighted by Gasteiger charge is -2.37. The summed E-state index contributed by atoms with van der Waals surface area (Å²) < 4.78 is 33.0. The molecule has 0 amide bonds. The van der Waals surface area contributed by atoms with Crippen molar-refractivity contribution >= 4 is 27.3 Å². The largest absolute Gasteiger partial charge is 0.495 e. The highest BCUT2D eigenvalue weighted by Crippen LogP contribution is 2.29. The molecule has 0 spiro atoms. The zero-order chi connectivity index (χ0) is 19.4. The summed E-state index contributed by atoms with van der Waals surface area (Å²) in [6, 6.07) is 15.6. The van der Waals surface area contributed by atoms with Crippen LogP contribution in [0.25, 0.3) is 0 Å². The van der Waals surface area contributed by atoms with Gasteiger partial charge in [-0.3, -0.25) is 4.72 Å². The second-order valence-corrected chi connectivity index (χ2v) is 8.47. The Labute approximate surface area is 161 Å². The van der Waals surface area contributed by atoms with E-state index in [2.05, 4.69) is 20.6 Å². The summed E-state index contributed by atoms with van der Waals surface area (Å²) in [4.78, 5) is 4.63. The molecule has 7 nitrogen and oxygen atoms in total. The molecule has 2 aromatic carbocycles. The number of para-hydroxylation sites is 2. The Balaban J connectivity index is 1.63. The van der Waals surface area contributed by atoms with Crippen LogP contribution in [0.1, 0.15) is 0 Å². The number of hydrogen-bond acceptors (Lipinski definition) is 5. The first-order valence-electron chi connectivity index (χ1n) is 8.84. The molecule has 0 bridgehead atoms. The number of benzene rings is 2. The van der Waals surface area contributed by atoms with Crippen molar-refractivity contribution in [2.75, 3.05) is 61.9 Å². The number of hydrogen-bond donors (Lipinski definition) is 1. The number of anilines is 3. The summed E-state index contributed by atoms with van der Waals surface area (Å²) in [6.07, 6.45) is 0. The van der Waals surface area contributed by atoms with Gasteiger partial charge in [0.25, 0.3) is 0 Å². The monoisotopic (exact) mass is 390 g/mol. The van der Waals surface area contributed by atoms with Crippen molar-refractivity contribution in [3.05, 3.63) is 48.5 Å². The molecule has 146 valence electrons. The fourth-order valence-corrected chi connectivity index (χ4v) is 3.69. The molecule has 3 rings (SSSR count). The van der Waals surface area contributed by atoms with Crippen LogP contribution in [-0.4, -0.2) is 60.1 Å². The van der Waals surface area contributed by atoms with Gasteiger partial charge >= 0.3 is 10.2 Å². The van der Waals surface area contributed by atoms with Gasteiger partial charge in [0.15, 0.2) is 0 Å². The van der Waals surface area contributed by atoms with Gasteiger partial charge in [-0.2, -0.15) is 12.7 Å². The first-order valence-corrected chi connectivity index (χ1v) is 10.3. The number of rotatable bonds is 6. The molecule has 1 saturated heterocycles. The Morgan fingerprint density at radius 1 is 0.926 bits per heavy atom. The molecular weight excluding hydrogens is 364 g/mol. The molecule has 8 heteroatoms. The molecule has 0 radical (unpaired) electrons. The first-order chi connectivity index (χ1) is 12.9. The standard InChI is InChI=1S/C19H26N4O3S/c1-21(2)27(24,25)20-16-8-10-17(11-9-16)22-12-14-23(15-13-22)18-6-4-5-7-19(18)26-3/h4-11,20H,12-15H2,1-3H3. The summed E-state index contributed by atoms with van der Waals surface area (Å²) >= 11 is 0. The molecule has 1 aliphatic heterocycles. The van der Waals surface area contributed by atoms with Crippen LogP contribution in [0.5, 0.6) is 5.75 Å². The van der Waals surface area contributed by atoms with Crippen molar-refractivity contribution in [3.63, 3.8) is 0 Å². The van der Waals surface area contributed by atoms with E-state index in [4.69, 9.17) is 4.74 Å². The predicted molar refractivity (Wildman–Crippen MR) is 110 cm³/mol. The highest BCUT2D eigenvalue weighted by Gasteiger charge is 2.20. The third-order valence-corrected chi connectivity index (χ3v) is 6.12. The Bertz CT molecular complexity index is 861. The minimum atomic E-state index is -3.48. The lowest BCUT2D eigenvalue weighted by molar-refractivity contribution is 0.413. The summed E-state index contributed by atoms with van der Waals surface area (Å²) in [5.41, 5.74) is 2.76. The van der Waals surface area contributed by atoms with E-state index in [1.807, 2.05) is 30.3 Å². The van der Waals surface area contributed by atoms with E-state index in [0.717, 1.165) is 47.6 Å². The minimum absolute atomic E-state index is 0.556. The number of ether oxygens (including phenoxy) is 1. The summed E-state index contributed by atoms with van der Waals surface area (Å²) in [5.74, 6) is 0.892. The second kappa shape index (κ2) is 8.06. The maximum atomic E-state index is 11.9. The fraction of sp³-hybridized carbons (Fsp3) is 0.368. The third kappa shape index (κ3) is 4.45. The van der Waals surface area contributed by atoms with E-state index in [1.165, 1.54) is 14.1 Å². The van der Waals surface area contributed by atoms with E-state index >= 15 is 0 Å². The molecule has 27 heavy (non-hydrogen) atoms. The van der Waals surface area contributed by atoms with Gasteiger partial charge in [0, 0.05) is 51.6 Å². The van der Waals surface area contributed by atoms with Crippen molar-refractivity contribution in [1.82, 2.24) is 4.31 Å². The first kappa shape index (κ1) is 19.3. The van der Waals surface area contributed by atoms with Crippen molar-refractivity contribution < 1.29 is 13.2 Å². The molecule has 0 aliphatic carbocycles. The van der Waals surface area contributed by atoms with Crippen LogP contribution in [0.3, 0.4) is 0 Å². The number of nitrogens with zero attached hydrogens (tertiary/aromatic N) is 3. The fourth-order valence-electron chi connectivity index (χ4n) is 3.08. The normalized spacial score (nSPS) is 15.1. The van der Waals surface area contributed by atoms with Crippen LogP contribution in [0.2, 0.25) is 0 Å². The van der Waals surface area contributed by atoms with Gasteiger partial charge in [0.2, 0.25) is 0 Å². The topological polar surface area (TPSA) is 65.1 Å². The summed E-state index contributed by atoms with van der Waals surface area (Å²) in [5, 5.41) is 0. The van der Waals surface area contributed by atoms with Crippen LogP contribution < -0.4 is 19.3 Å². The van der Waals surface area contributed by atoms with Crippen LogP contribution in [0, 0.1) is 0 Å². The maximum absolute atomic E-state index is 11.9. The Kier molecular flexibility index (Phi) is 5.76. The van der Waals surface area contributed by atoms with Crippen LogP contribution in [0.15, 0.2) is 48.5 Å². The van der Waals surface area contributed by atoms with Gasteiger partial charge < -0.3 is 14.5 Å². The van der Waals surface area contributed by atoms with Gasteiger partial charge in [0.1, 0.15) is 5.75 Å². The molecule has 1 fully saturated rings. The molecule has 0 unspecified atom stereocenters. The molecule has 0 saturated carbocycles. The quantitative estimate of drug-likeness (QED) is 0.820. The molecular formula is C19H26N4O3S. The Morgan fingerprint density at radius 2 is 1.52 bits per heavy atom. The minimum Gasteiger partial charge on any atom is -0.495 e. The maximum Gasteiger partial charge on any atom is 0.301 e. The number of methoxy groups -OCH3 is 1. The summed E-state index contributed by atoms with van der Waals surface area (Å²) in [7, 11) is 1.21. The van der Waals surface area contributed by atoms with Crippen molar-refractivity contribution in [2.24, 2.45) is 0 Å². The smallest absolute Gasteiger partial charge is 0.301 e. The zero-order valence-corrected chi connectivity index (χ0v) is 16.7. The van der Waals surface area contributed by atoms with Crippen molar-refractivity contribution in [2.45, 2.75) is 0 Å². The molecule has 2 aromatic rings. The summed E-state index contributed by atoms with van der Waals surface area (Å²) in [6.45, 7) is 3.58. The average Bonchev–Trinajstić information content (AvgIpc) is 2.68. The van der Waals surface area contributed by atoms with E-state index in [-0.39, 0.29) is 0 Å². The lowest BCUT2D eigenvalue weighted by Crippen LogP contribution is -2.46. The van der Waals surface area contributed by atoms with Crippen LogP contribution >= 0.6 is 0 Å². The third-order valence-electron chi connectivity index (χ3n) is 4.67. The van der Waals surface area contributed by atoms with E-state index in [0.29, 0.717) is 5.69 Å². The average molecular weight is 391 g/mol. The molecule has 1 N–H and O–H groups in total. The zero-order valence-electron chi connectivity index (χ0n) is 15.9. The lowest BCUT2D eigenvalue weighted by atomic mass is 10.2. The van der Waals surface area contributed by atoms with E-state index in [1.54, 1.807) is 19.2 Å².